The average Bonchev–Trinajstić information content (AvgIpc) is 2.55. The van der Waals surface area contributed by atoms with Gasteiger partial charge in [-0.05, 0) is 66.8 Å². The van der Waals surface area contributed by atoms with E-state index >= 15 is 0 Å². The number of aryl methyl sites for hydroxylation is 1. The minimum Gasteiger partial charge on any atom is -0.497 e. The minimum absolute atomic E-state index is 0.0202. The van der Waals surface area contributed by atoms with Crippen molar-refractivity contribution in [2.24, 2.45) is 0 Å². The summed E-state index contributed by atoms with van der Waals surface area (Å²) < 4.78 is 6.23. The van der Waals surface area contributed by atoms with Crippen LogP contribution in [-0.4, -0.2) is 19.1 Å². The van der Waals surface area contributed by atoms with E-state index in [1.807, 2.05) is 12.1 Å². The van der Waals surface area contributed by atoms with Gasteiger partial charge >= 0.3 is 0 Å². The summed E-state index contributed by atoms with van der Waals surface area (Å²) in [4.78, 5) is 12.3. The van der Waals surface area contributed by atoms with Crippen molar-refractivity contribution in [3.63, 3.8) is 0 Å². The van der Waals surface area contributed by atoms with E-state index in [0.717, 1.165) is 29.5 Å². The Labute approximate surface area is 138 Å². The molecule has 1 amide bonds. The molecule has 1 aliphatic carbocycles. The minimum atomic E-state index is -0.0202. The topological polar surface area (TPSA) is 38.3 Å². The van der Waals surface area contributed by atoms with Crippen LogP contribution in [0.15, 0.2) is 46.9 Å². The van der Waals surface area contributed by atoms with Crippen LogP contribution in [0.2, 0.25) is 0 Å². The first kappa shape index (κ1) is 15.1. The number of methoxy groups -OCH3 is 1. The monoisotopic (exact) mass is 359 g/mol. The summed E-state index contributed by atoms with van der Waals surface area (Å²) in [6.07, 6.45) is 2.87. The van der Waals surface area contributed by atoms with Crippen LogP contribution in [-0.2, 0) is 12.8 Å². The van der Waals surface area contributed by atoms with Gasteiger partial charge in [0.25, 0.3) is 5.91 Å². The van der Waals surface area contributed by atoms with E-state index < -0.39 is 0 Å². The molecule has 0 saturated carbocycles. The summed E-state index contributed by atoms with van der Waals surface area (Å²) in [5, 5.41) is 3.14. The lowest BCUT2D eigenvalue weighted by molar-refractivity contribution is 0.0933. The average molecular weight is 360 g/mol. The van der Waals surface area contributed by atoms with Gasteiger partial charge in [-0.15, -0.1) is 0 Å². The molecule has 114 valence electrons. The molecule has 0 saturated heterocycles. The Morgan fingerprint density at radius 2 is 1.95 bits per heavy atom. The van der Waals surface area contributed by atoms with Crippen LogP contribution >= 0.6 is 15.9 Å². The largest absolute Gasteiger partial charge is 0.497 e. The van der Waals surface area contributed by atoms with Gasteiger partial charge in [0.2, 0.25) is 0 Å². The molecule has 0 aromatic heterocycles. The molecule has 2 aromatic rings. The molecule has 1 atom stereocenters. The van der Waals surface area contributed by atoms with Gasteiger partial charge in [-0.25, -0.2) is 0 Å². The van der Waals surface area contributed by atoms with Crippen molar-refractivity contribution in [3.8, 4) is 5.75 Å². The van der Waals surface area contributed by atoms with Gasteiger partial charge in [-0.3, -0.25) is 4.79 Å². The fourth-order valence-corrected chi connectivity index (χ4v) is 3.27. The standard InChI is InChI=1S/C18H18BrNO2/c1-22-17-8-4-12(5-9-17)18(21)20-16-7-3-13-10-15(19)6-2-14(13)11-16/h2,4-6,8-10,16H,3,7,11H2,1H3,(H,20,21)/t16-/m0/s1. The second-order valence-corrected chi connectivity index (χ2v) is 6.47. The Kier molecular flexibility index (Phi) is 4.48. The maximum Gasteiger partial charge on any atom is 0.251 e. The molecule has 0 fully saturated rings. The van der Waals surface area contributed by atoms with Crippen molar-refractivity contribution in [2.45, 2.75) is 25.3 Å². The summed E-state index contributed by atoms with van der Waals surface area (Å²) in [6.45, 7) is 0. The van der Waals surface area contributed by atoms with Gasteiger partial charge in [0, 0.05) is 16.1 Å². The van der Waals surface area contributed by atoms with Crippen molar-refractivity contribution in [1.29, 1.82) is 0 Å². The first-order valence-electron chi connectivity index (χ1n) is 7.38. The van der Waals surface area contributed by atoms with Gasteiger partial charge in [0.15, 0.2) is 0 Å². The normalized spacial score (nSPS) is 16.7. The smallest absolute Gasteiger partial charge is 0.251 e. The van der Waals surface area contributed by atoms with Crippen molar-refractivity contribution in [1.82, 2.24) is 5.32 Å². The van der Waals surface area contributed by atoms with Crippen LogP contribution in [0.1, 0.15) is 27.9 Å². The second kappa shape index (κ2) is 6.53. The Bertz CT molecular complexity index is 682. The van der Waals surface area contributed by atoms with Crippen molar-refractivity contribution in [3.05, 3.63) is 63.6 Å². The van der Waals surface area contributed by atoms with Gasteiger partial charge in [0.1, 0.15) is 5.75 Å². The van der Waals surface area contributed by atoms with Crippen LogP contribution in [0, 0.1) is 0 Å². The number of carbonyl (C=O) groups excluding carboxylic acids is 1. The SMILES string of the molecule is COc1ccc(C(=O)N[C@H]2CCc3cc(Br)ccc3C2)cc1. The molecule has 1 aliphatic rings. The molecule has 22 heavy (non-hydrogen) atoms. The zero-order chi connectivity index (χ0) is 15.5. The van der Waals surface area contributed by atoms with E-state index in [-0.39, 0.29) is 11.9 Å². The van der Waals surface area contributed by atoms with E-state index in [2.05, 4.69) is 39.4 Å². The lowest BCUT2D eigenvalue weighted by Gasteiger charge is -2.25. The summed E-state index contributed by atoms with van der Waals surface area (Å²) in [5.41, 5.74) is 3.38. The maximum absolute atomic E-state index is 12.3. The summed E-state index contributed by atoms with van der Waals surface area (Å²) >= 11 is 3.51. The molecule has 0 unspecified atom stereocenters. The predicted molar refractivity (Wildman–Crippen MR) is 90.4 cm³/mol. The third kappa shape index (κ3) is 3.33. The third-order valence-electron chi connectivity index (χ3n) is 4.08. The Balaban J connectivity index is 1.66. The number of halogens is 1. The maximum atomic E-state index is 12.3. The molecule has 0 spiro atoms. The van der Waals surface area contributed by atoms with E-state index in [9.17, 15) is 4.79 Å². The van der Waals surface area contributed by atoms with Crippen LogP contribution < -0.4 is 10.1 Å². The van der Waals surface area contributed by atoms with Crippen molar-refractivity contribution in [2.75, 3.05) is 7.11 Å². The van der Waals surface area contributed by atoms with Gasteiger partial charge in [0.05, 0.1) is 7.11 Å². The number of amides is 1. The summed E-state index contributed by atoms with van der Waals surface area (Å²) in [5.74, 6) is 0.738. The number of hydrogen-bond donors (Lipinski definition) is 1. The van der Waals surface area contributed by atoms with Gasteiger partial charge < -0.3 is 10.1 Å². The Hall–Kier alpha value is -1.81. The molecular formula is C18H18BrNO2. The van der Waals surface area contributed by atoms with Gasteiger partial charge in [-0.2, -0.15) is 0 Å². The number of fused-ring (bicyclic) bond motifs is 1. The molecule has 0 radical (unpaired) electrons. The van der Waals surface area contributed by atoms with Crippen LogP contribution in [0.25, 0.3) is 0 Å². The van der Waals surface area contributed by atoms with E-state index in [1.54, 1.807) is 19.2 Å². The highest BCUT2D eigenvalue weighted by atomic mass is 79.9. The summed E-state index contributed by atoms with van der Waals surface area (Å²) in [7, 11) is 1.62. The van der Waals surface area contributed by atoms with Crippen LogP contribution in [0.3, 0.4) is 0 Å². The fraction of sp³-hybridized carbons (Fsp3) is 0.278. The highest BCUT2D eigenvalue weighted by Crippen LogP contribution is 2.25. The van der Waals surface area contributed by atoms with E-state index in [4.69, 9.17) is 4.74 Å². The van der Waals surface area contributed by atoms with E-state index in [1.165, 1.54) is 11.1 Å². The number of nitrogens with one attached hydrogen (secondary N) is 1. The zero-order valence-corrected chi connectivity index (χ0v) is 14.0. The number of rotatable bonds is 3. The van der Waals surface area contributed by atoms with Crippen LogP contribution in [0.5, 0.6) is 5.75 Å². The number of benzene rings is 2. The quantitative estimate of drug-likeness (QED) is 0.906. The van der Waals surface area contributed by atoms with E-state index in [0.29, 0.717) is 5.56 Å². The summed E-state index contributed by atoms with van der Waals surface area (Å²) in [6, 6.07) is 13.8. The highest BCUT2D eigenvalue weighted by Gasteiger charge is 2.20. The molecule has 2 aromatic carbocycles. The lowest BCUT2D eigenvalue weighted by Crippen LogP contribution is -2.38. The van der Waals surface area contributed by atoms with Crippen molar-refractivity contribution < 1.29 is 9.53 Å². The number of ether oxygens (including phenoxy) is 1. The number of hydrogen-bond acceptors (Lipinski definition) is 2. The molecule has 3 rings (SSSR count). The molecular weight excluding hydrogens is 342 g/mol. The van der Waals surface area contributed by atoms with Crippen LogP contribution in [0.4, 0.5) is 0 Å². The lowest BCUT2D eigenvalue weighted by atomic mass is 9.88. The highest BCUT2D eigenvalue weighted by molar-refractivity contribution is 9.10. The molecule has 0 aliphatic heterocycles. The molecule has 3 nitrogen and oxygen atoms in total. The molecule has 0 heterocycles. The zero-order valence-electron chi connectivity index (χ0n) is 12.4. The first-order chi connectivity index (χ1) is 10.7. The van der Waals surface area contributed by atoms with Crippen molar-refractivity contribution >= 4 is 21.8 Å². The molecule has 0 bridgehead atoms. The third-order valence-corrected chi connectivity index (χ3v) is 4.58. The number of carbonyl (C=O) groups is 1. The fourth-order valence-electron chi connectivity index (χ4n) is 2.86. The molecule has 4 heteroatoms. The molecule has 1 N–H and O–H groups in total. The Morgan fingerprint density at radius 3 is 2.68 bits per heavy atom. The predicted octanol–water partition coefficient (Wildman–Crippen LogP) is 3.75. The first-order valence-corrected chi connectivity index (χ1v) is 8.17. The second-order valence-electron chi connectivity index (χ2n) is 5.55. The van der Waals surface area contributed by atoms with Gasteiger partial charge in [-0.1, -0.05) is 22.0 Å². The Morgan fingerprint density at radius 1 is 1.18 bits per heavy atom.